The van der Waals surface area contributed by atoms with E-state index in [0.29, 0.717) is 19.3 Å². The van der Waals surface area contributed by atoms with E-state index in [2.05, 4.69) is 10.8 Å². The highest BCUT2D eigenvalue weighted by atomic mass is 16.5. The van der Waals surface area contributed by atoms with Crippen LogP contribution in [0.2, 0.25) is 0 Å². The fourth-order valence-electron chi connectivity index (χ4n) is 2.36. The summed E-state index contributed by atoms with van der Waals surface area (Å²) in [6.07, 6.45) is 10.3. The normalized spacial score (nSPS) is 18.8. The maximum atomic E-state index is 11.9. The van der Waals surface area contributed by atoms with Crippen molar-refractivity contribution in [2.45, 2.75) is 71.0 Å². The number of hydrogen-bond donors (Lipinski definition) is 0. The smallest absolute Gasteiger partial charge is 0.305 e. The van der Waals surface area contributed by atoms with Crippen LogP contribution in [0, 0.1) is 0 Å². The lowest BCUT2D eigenvalue weighted by molar-refractivity contribution is -0.140. The first-order valence-corrected chi connectivity index (χ1v) is 7.95. The van der Waals surface area contributed by atoms with E-state index in [4.69, 9.17) is 4.74 Å². The minimum atomic E-state index is -0.230. The third kappa shape index (κ3) is 7.55. The molecule has 4 heteroatoms. The number of esters is 1. The van der Waals surface area contributed by atoms with Crippen LogP contribution < -0.4 is 0 Å². The zero-order valence-corrected chi connectivity index (χ0v) is 14.2. The van der Waals surface area contributed by atoms with Crippen molar-refractivity contribution in [3.05, 3.63) is 23.8 Å². The molecule has 0 spiro atoms. The van der Waals surface area contributed by atoms with Crippen LogP contribution in [0.1, 0.15) is 59.3 Å². The molecule has 1 atom stereocenters. The molecule has 0 aromatic heterocycles. The van der Waals surface area contributed by atoms with E-state index < -0.39 is 0 Å². The molecule has 0 fully saturated rings. The Labute approximate surface area is 133 Å². The average Bonchev–Trinajstić information content (AvgIpc) is 2.75. The van der Waals surface area contributed by atoms with Gasteiger partial charge in [0.1, 0.15) is 0 Å². The van der Waals surface area contributed by atoms with Crippen molar-refractivity contribution in [1.29, 1.82) is 0 Å². The van der Waals surface area contributed by atoms with E-state index in [1.807, 2.05) is 32.9 Å². The summed E-state index contributed by atoms with van der Waals surface area (Å²) in [5, 5.41) is 0. The molecule has 0 amide bonds. The molecule has 1 aliphatic rings. The number of carbonyl (C=O) groups is 2. The molecule has 0 aromatic carbocycles. The van der Waals surface area contributed by atoms with Gasteiger partial charge in [0.2, 0.25) is 0 Å². The maximum absolute atomic E-state index is 11.9. The Morgan fingerprint density at radius 3 is 2.68 bits per heavy atom. The topological polar surface area (TPSA) is 52.6 Å². The summed E-state index contributed by atoms with van der Waals surface area (Å²) in [5.74, 6) is 0.0279. The van der Waals surface area contributed by atoms with Crippen LogP contribution in [0.3, 0.4) is 0 Å². The zero-order chi connectivity index (χ0) is 16.6. The minimum Gasteiger partial charge on any atom is -0.469 e. The predicted octanol–water partition coefficient (Wildman–Crippen LogP) is 3.75. The number of methoxy groups -OCH3 is 1. The highest BCUT2D eigenvalue weighted by Gasteiger charge is 2.27. The van der Waals surface area contributed by atoms with Gasteiger partial charge >= 0.3 is 5.97 Å². The van der Waals surface area contributed by atoms with Crippen LogP contribution in [0.5, 0.6) is 0 Å². The number of carbonyl (C=O) groups excluding carboxylic acids is 2. The van der Waals surface area contributed by atoms with E-state index in [1.165, 1.54) is 7.11 Å². The van der Waals surface area contributed by atoms with E-state index in [-0.39, 0.29) is 23.5 Å². The van der Waals surface area contributed by atoms with Crippen molar-refractivity contribution in [3.63, 3.8) is 0 Å². The first-order chi connectivity index (χ1) is 10.3. The Morgan fingerprint density at radius 1 is 1.32 bits per heavy atom. The molecule has 0 heterocycles. The monoisotopic (exact) mass is 308 g/mol. The Balaban J connectivity index is 2.26. The van der Waals surface area contributed by atoms with Gasteiger partial charge in [-0.05, 0) is 58.1 Å². The first-order valence-electron chi connectivity index (χ1n) is 7.95. The number of ether oxygens (including phenoxy) is 2. The fourth-order valence-corrected chi connectivity index (χ4v) is 2.36. The van der Waals surface area contributed by atoms with Crippen LogP contribution >= 0.6 is 0 Å². The van der Waals surface area contributed by atoms with E-state index in [0.717, 1.165) is 24.8 Å². The van der Waals surface area contributed by atoms with Crippen molar-refractivity contribution < 1.29 is 19.1 Å². The lowest BCUT2D eigenvalue weighted by Crippen LogP contribution is -2.25. The molecule has 0 saturated heterocycles. The van der Waals surface area contributed by atoms with Crippen LogP contribution in [0.15, 0.2) is 23.8 Å². The van der Waals surface area contributed by atoms with Crippen LogP contribution in [0.25, 0.3) is 0 Å². The number of Topliss-reactive ketones (excluding diaryl/α,β-unsaturated/α-hetero) is 1. The average molecular weight is 308 g/mol. The van der Waals surface area contributed by atoms with Crippen molar-refractivity contribution in [3.8, 4) is 0 Å². The molecule has 0 N–H and O–H groups in total. The second-order valence-electron chi connectivity index (χ2n) is 6.59. The molecule has 0 aliphatic heterocycles. The van der Waals surface area contributed by atoms with Gasteiger partial charge in [-0.15, -0.1) is 0 Å². The van der Waals surface area contributed by atoms with Crippen LogP contribution in [-0.2, 0) is 19.1 Å². The van der Waals surface area contributed by atoms with E-state index >= 15 is 0 Å². The van der Waals surface area contributed by atoms with Crippen LogP contribution in [-0.4, -0.2) is 30.6 Å². The lowest BCUT2D eigenvalue weighted by Gasteiger charge is -2.23. The molecule has 0 saturated carbocycles. The van der Waals surface area contributed by atoms with Gasteiger partial charge in [-0.1, -0.05) is 12.2 Å². The Kier molecular flexibility index (Phi) is 7.52. The molecular formula is C18H28O4. The highest BCUT2D eigenvalue weighted by Crippen LogP contribution is 2.24. The molecule has 0 bridgehead atoms. The molecule has 124 valence electrons. The number of ketones is 1. The first kappa shape index (κ1) is 18.6. The van der Waals surface area contributed by atoms with Gasteiger partial charge in [0, 0.05) is 12.8 Å². The third-order valence-corrected chi connectivity index (χ3v) is 3.37. The van der Waals surface area contributed by atoms with Gasteiger partial charge in [-0.3, -0.25) is 9.59 Å². The predicted molar refractivity (Wildman–Crippen MR) is 86.6 cm³/mol. The Morgan fingerprint density at radius 2 is 2.05 bits per heavy atom. The largest absolute Gasteiger partial charge is 0.469 e. The van der Waals surface area contributed by atoms with Crippen molar-refractivity contribution in [1.82, 2.24) is 0 Å². The van der Waals surface area contributed by atoms with Gasteiger partial charge in [0.25, 0.3) is 0 Å². The fraction of sp³-hybridized carbons (Fsp3) is 0.667. The standard InChI is InChI=1S/C18H28O4/c1-18(2,3)22-15-12-14(16(19)13-15)10-8-6-5-7-9-11-17(20)21-4/h6,8,12,15H,5,7,9-11,13H2,1-4H3. The summed E-state index contributed by atoms with van der Waals surface area (Å²) in [6.45, 7) is 5.99. The minimum absolute atomic E-state index is 0.0871. The molecule has 1 aliphatic carbocycles. The molecular weight excluding hydrogens is 280 g/mol. The van der Waals surface area contributed by atoms with Gasteiger partial charge in [-0.25, -0.2) is 0 Å². The van der Waals surface area contributed by atoms with Crippen LogP contribution in [0.4, 0.5) is 0 Å². The van der Waals surface area contributed by atoms with E-state index in [1.54, 1.807) is 0 Å². The van der Waals surface area contributed by atoms with Crippen molar-refractivity contribution in [2.24, 2.45) is 0 Å². The van der Waals surface area contributed by atoms with Gasteiger partial charge in [0.05, 0.1) is 18.8 Å². The molecule has 4 nitrogen and oxygen atoms in total. The summed E-state index contributed by atoms with van der Waals surface area (Å²) in [4.78, 5) is 22.9. The summed E-state index contributed by atoms with van der Waals surface area (Å²) < 4.78 is 10.4. The third-order valence-electron chi connectivity index (χ3n) is 3.37. The number of unbranched alkanes of at least 4 members (excludes halogenated alkanes) is 2. The number of hydrogen-bond acceptors (Lipinski definition) is 4. The van der Waals surface area contributed by atoms with Crippen molar-refractivity contribution >= 4 is 11.8 Å². The summed E-state index contributed by atoms with van der Waals surface area (Å²) >= 11 is 0. The van der Waals surface area contributed by atoms with Gasteiger partial charge in [-0.2, -0.15) is 0 Å². The highest BCUT2D eigenvalue weighted by molar-refractivity contribution is 5.98. The molecule has 0 radical (unpaired) electrons. The summed E-state index contributed by atoms with van der Waals surface area (Å²) in [5.41, 5.74) is 0.617. The molecule has 1 rings (SSSR count). The SMILES string of the molecule is COC(=O)CCCCC=CCC1=CC(OC(C)(C)C)CC1=O. The maximum Gasteiger partial charge on any atom is 0.305 e. The molecule has 22 heavy (non-hydrogen) atoms. The lowest BCUT2D eigenvalue weighted by atomic mass is 10.1. The molecule has 0 aromatic rings. The Hall–Kier alpha value is -1.42. The quantitative estimate of drug-likeness (QED) is 0.389. The summed E-state index contributed by atoms with van der Waals surface area (Å²) in [6, 6.07) is 0. The van der Waals surface area contributed by atoms with E-state index in [9.17, 15) is 9.59 Å². The van der Waals surface area contributed by atoms with Gasteiger partial charge in [0.15, 0.2) is 5.78 Å². The number of allylic oxidation sites excluding steroid dienone is 3. The second kappa shape index (κ2) is 8.89. The molecule has 1 unspecified atom stereocenters. The van der Waals surface area contributed by atoms with Gasteiger partial charge < -0.3 is 9.47 Å². The second-order valence-corrected chi connectivity index (χ2v) is 6.59. The summed E-state index contributed by atoms with van der Waals surface area (Å²) in [7, 11) is 1.41. The number of rotatable bonds is 8. The van der Waals surface area contributed by atoms with Crippen molar-refractivity contribution in [2.75, 3.05) is 7.11 Å². The Bertz CT molecular complexity index is 440. The zero-order valence-electron chi connectivity index (χ0n) is 14.2.